The summed E-state index contributed by atoms with van der Waals surface area (Å²) in [5, 5.41) is 0. The van der Waals surface area contributed by atoms with E-state index >= 15 is 0 Å². The van der Waals surface area contributed by atoms with Crippen molar-refractivity contribution in [1.82, 2.24) is 14.3 Å². The Kier molecular flexibility index (Phi) is 2.55. The van der Waals surface area contributed by atoms with Crippen LogP contribution in [-0.2, 0) is 10.2 Å². The van der Waals surface area contributed by atoms with Crippen LogP contribution in [0.3, 0.4) is 0 Å². The number of hydrogen-bond acceptors (Lipinski definition) is 3. The molecule has 2 saturated heterocycles. The summed E-state index contributed by atoms with van der Waals surface area (Å²) in [5.74, 6) is 0. The van der Waals surface area contributed by atoms with Crippen LogP contribution in [0.1, 0.15) is 19.8 Å². The summed E-state index contributed by atoms with van der Waals surface area (Å²) in [6.45, 7) is 5.71. The maximum atomic E-state index is 11.2. The van der Waals surface area contributed by atoms with Crippen LogP contribution in [0.5, 0.6) is 0 Å². The summed E-state index contributed by atoms with van der Waals surface area (Å²) in [5.41, 5.74) is -0.204. The molecule has 2 aliphatic rings. The van der Waals surface area contributed by atoms with Gasteiger partial charge in [0.25, 0.3) is 10.2 Å². The molecule has 0 aromatic heterocycles. The van der Waals surface area contributed by atoms with Crippen LogP contribution in [0.25, 0.3) is 0 Å². The first-order valence-electron chi connectivity index (χ1n) is 5.06. The quantitative estimate of drug-likeness (QED) is 0.612. The van der Waals surface area contributed by atoms with E-state index in [1.54, 1.807) is 0 Å². The van der Waals surface area contributed by atoms with Gasteiger partial charge in [-0.3, -0.25) is 0 Å². The second-order valence-electron chi connectivity index (χ2n) is 4.14. The lowest BCUT2D eigenvalue weighted by Crippen LogP contribution is -2.52. The topological polar surface area (TPSA) is 61.4 Å². The zero-order valence-electron chi connectivity index (χ0n) is 8.41. The molecular formula is C8H17N3O2S. The van der Waals surface area contributed by atoms with Crippen LogP contribution in [0.4, 0.5) is 0 Å². The highest BCUT2D eigenvalue weighted by Gasteiger charge is 2.42. The molecule has 2 fully saturated rings. The maximum absolute atomic E-state index is 11.2. The highest BCUT2D eigenvalue weighted by Crippen LogP contribution is 2.25. The first-order valence-corrected chi connectivity index (χ1v) is 6.54. The van der Waals surface area contributed by atoms with Gasteiger partial charge in [-0.15, -0.1) is 0 Å². The van der Waals surface area contributed by atoms with Gasteiger partial charge in [0.15, 0.2) is 0 Å². The second-order valence-corrected chi connectivity index (χ2v) is 5.64. The Hall–Kier alpha value is -0.170. The molecule has 0 aliphatic carbocycles. The molecular weight excluding hydrogens is 202 g/mol. The maximum Gasteiger partial charge on any atom is 0.277 e. The van der Waals surface area contributed by atoms with Gasteiger partial charge in [-0.2, -0.15) is 13.1 Å². The molecule has 5 nitrogen and oxygen atoms in total. The fourth-order valence-corrected chi connectivity index (χ4v) is 3.55. The summed E-state index contributed by atoms with van der Waals surface area (Å²) in [6, 6.07) is 0. The average molecular weight is 219 g/mol. The van der Waals surface area contributed by atoms with E-state index in [0.717, 1.165) is 32.5 Å². The molecule has 2 rings (SSSR count). The summed E-state index contributed by atoms with van der Waals surface area (Å²) in [4.78, 5) is 2.35. The minimum Gasteiger partial charge on any atom is -0.303 e. The van der Waals surface area contributed by atoms with Crippen molar-refractivity contribution in [2.75, 3.05) is 26.2 Å². The van der Waals surface area contributed by atoms with Gasteiger partial charge in [-0.1, -0.05) is 6.92 Å². The van der Waals surface area contributed by atoms with Crippen molar-refractivity contribution in [3.63, 3.8) is 0 Å². The lowest BCUT2D eigenvalue weighted by Gasteiger charge is -2.37. The molecule has 0 unspecified atom stereocenters. The van der Waals surface area contributed by atoms with Crippen molar-refractivity contribution in [3.8, 4) is 0 Å². The lowest BCUT2D eigenvalue weighted by molar-refractivity contribution is 0.166. The van der Waals surface area contributed by atoms with E-state index in [-0.39, 0.29) is 5.54 Å². The largest absolute Gasteiger partial charge is 0.303 e. The fourth-order valence-electron chi connectivity index (χ4n) is 2.17. The molecule has 0 bridgehead atoms. The Balaban J connectivity index is 2.01. The SMILES string of the molecule is CCN1CCC2(CC1)CNS(=O)(=O)N2. The third kappa shape index (κ3) is 1.93. The number of nitrogens with zero attached hydrogens (tertiary/aromatic N) is 1. The van der Waals surface area contributed by atoms with Crippen LogP contribution in [-0.4, -0.2) is 45.0 Å². The molecule has 2 heterocycles. The highest BCUT2D eigenvalue weighted by molar-refractivity contribution is 7.87. The van der Waals surface area contributed by atoms with Crippen LogP contribution in [0.2, 0.25) is 0 Å². The molecule has 0 atom stereocenters. The van der Waals surface area contributed by atoms with Crippen molar-refractivity contribution in [2.24, 2.45) is 0 Å². The number of likely N-dealkylation sites (tertiary alicyclic amines) is 1. The molecule has 0 amide bonds. The summed E-state index contributed by atoms with van der Waals surface area (Å²) in [6.07, 6.45) is 1.82. The number of rotatable bonds is 1. The van der Waals surface area contributed by atoms with Crippen molar-refractivity contribution >= 4 is 10.2 Å². The zero-order chi connectivity index (χ0) is 10.2. The summed E-state index contributed by atoms with van der Waals surface area (Å²) < 4.78 is 27.7. The van der Waals surface area contributed by atoms with E-state index in [9.17, 15) is 8.42 Å². The molecule has 0 aromatic rings. The fraction of sp³-hybridized carbons (Fsp3) is 1.00. The van der Waals surface area contributed by atoms with Crippen LogP contribution in [0.15, 0.2) is 0 Å². The molecule has 2 N–H and O–H groups in total. The van der Waals surface area contributed by atoms with Crippen LogP contribution in [0, 0.1) is 0 Å². The third-order valence-electron chi connectivity index (χ3n) is 3.21. The van der Waals surface area contributed by atoms with Gasteiger partial charge in [-0.25, -0.2) is 4.72 Å². The lowest BCUT2D eigenvalue weighted by atomic mass is 9.89. The first kappa shape index (κ1) is 10.4. The Labute approximate surface area is 85.0 Å². The smallest absolute Gasteiger partial charge is 0.277 e. The third-order valence-corrected chi connectivity index (χ3v) is 4.44. The molecule has 2 aliphatic heterocycles. The number of hydrogen-bond donors (Lipinski definition) is 2. The van der Waals surface area contributed by atoms with Crippen LogP contribution < -0.4 is 9.44 Å². The Morgan fingerprint density at radius 1 is 1.36 bits per heavy atom. The van der Waals surface area contributed by atoms with Gasteiger partial charge in [0.05, 0.1) is 5.54 Å². The van der Waals surface area contributed by atoms with Gasteiger partial charge in [0.1, 0.15) is 0 Å². The Bertz CT molecular complexity index is 307. The van der Waals surface area contributed by atoms with Gasteiger partial charge in [0, 0.05) is 6.54 Å². The van der Waals surface area contributed by atoms with E-state index < -0.39 is 10.2 Å². The molecule has 14 heavy (non-hydrogen) atoms. The normalized spacial score (nSPS) is 30.9. The van der Waals surface area contributed by atoms with Crippen molar-refractivity contribution in [1.29, 1.82) is 0 Å². The summed E-state index contributed by atoms with van der Waals surface area (Å²) >= 11 is 0. The monoisotopic (exact) mass is 219 g/mol. The van der Waals surface area contributed by atoms with Crippen LogP contribution >= 0.6 is 0 Å². The predicted molar refractivity (Wildman–Crippen MR) is 54.1 cm³/mol. The molecule has 82 valence electrons. The summed E-state index contributed by atoms with van der Waals surface area (Å²) in [7, 11) is -3.20. The zero-order valence-corrected chi connectivity index (χ0v) is 9.23. The van der Waals surface area contributed by atoms with E-state index in [4.69, 9.17) is 0 Å². The Morgan fingerprint density at radius 3 is 2.43 bits per heavy atom. The average Bonchev–Trinajstić information content (AvgIpc) is 2.44. The van der Waals surface area contributed by atoms with Crippen molar-refractivity contribution in [2.45, 2.75) is 25.3 Å². The van der Waals surface area contributed by atoms with Gasteiger partial charge in [-0.05, 0) is 32.5 Å². The molecule has 0 aromatic carbocycles. The predicted octanol–water partition coefficient (Wildman–Crippen LogP) is -0.721. The van der Waals surface area contributed by atoms with Gasteiger partial charge in [0.2, 0.25) is 0 Å². The van der Waals surface area contributed by atoms with Crippen molar-refractivity contribution in [3.05, 3.63) is 0 Å². The second kappa shape index (κ2) is 3.44. The van der Waals surface area contributed by atoms with E-state index in [2.05, 4.69) is 21.3 Å². The van der Waals surface area contributed by atoms with Gasteiger partial charge < -0.3 is 4.90 Å². The minimum atomic E-state index is -3.20. The van der Waals surface area contributed by atoms with E-state index in [0.29, 0.717) is 6.54 Å². The number of piperidine rings is 1. The Morgan fingerprint density at radius 2 is 2.00 bits per heavy atom. The molecule has 0 radical (unpaired) electrons. The van der Waals surface area contributed by atoms with E-state index in [1.165, 1.54) is 0 Å². The minimum absolute atomic E-state index is 0.204. The standard InChI is InChI=1S/C8H17N3O2S/c1-2-11-5-3-8(4-6-11)7-9-14(12,13)10-8/h9-10H,2-7H2,1H3. The van der Waals surface area contributed by atoms with E-state index in [1.807, 2.05) is 0 Å². The molecule has 6 heteroatoms. The molecule has 1 spiro atoms. The number of nitrogens with one attached hydrogen (secondary N) is 2. The molecule has 0 saturated carbocycles. The first-order chi connectivity index (χ1) is 6.55. The van der Waals surface area contributed by atoms with Gasteiger partial charge >= 0.3 is 0 Å². The van der Waals surface area contributed by atoms with Crippen molar-refractivity contribution < 1.29 is 8.42 Å². The highest BCUT2D eigenvalue weighted by atomic mass is 32.2.